The van der Waals surface area contributed by atoms with Gasteiger partial charge in [0.2, 0.25) is 0 Å². The first kappa shape index (κ1) is 11.5. The molecule has 2 heterocycles. The van der Waals surface area contributed by atoms with Crippen LogP contribution in [-0.4, -0.2) is 36.6 Å². The Kier molecular flexibility index (Phi) is 3.14. The van der Waals surface area contributed by atoms with Gasteiger partial charge in [-0.2, -0.15) is 0 Å². The van der Waals surface area contributed by atoms with Gasteiger partial charge in [-0.1, -0.05) is 12.1 Å². The summed E-state index contributed by atoms with van der Waals surface area (Å²) in [6.45, 7) is 6.04. The number of nitrogens with zero attached hydrogens (tertiary/aromatic N) is 2. The van der Waals surface area contributed by atoms with E-state index in [2.05, 4.69) is 56.9 Å². The number of fused-ring (bicyclic) bond motifs is 1. The van der Waals surface area contributed by atoms with Crippen molar-refractivity contribution in [3.05, 3.63) is 28.7 Å². The first-order valence-electron chi connectivity index (χ1n) is 6.51. The van der Waals surface area contributed by atoms with Crippen molar-refractivity contribution in [2.24, 2.45) is 0 Å². The van der Waals surface area contributed by atoms with Gasteiger partial charge in [-0.05, 0) is 54.4 Å². The van der Waals surface area contributed by atoms with E-state index in [0.717, 1.165) is 6.04 Å². The molecular weight excluding hydrogens is 276 g/mol. The fourth-order valence-electron chi connectivity index (χ4n) is 3.21. The van der Waals surface area contributed by atoms with Crippen LogP contribution in [0.2, 0.25) is 0 Å². The van der Waals surface area contributed by atoms with Crippen LogP contribution < -0.4 is 4.90 Å². The predicted octanol–water partition coefficient (Wildman–Crippen LogP) is 3.12. The third-order valence-electron chi connectivity index (χ3n) is 4.10. The van der Waals surface area contributed by atoms with Crippen molar-refractivity contribution in [2.75, 3.05) is 24.5 Å². The lowest BCUT2D eigenvalue weighted by molar-refractivity contribution is 0.203. The molecule has 92 valence electrons. The molecule has 1 aromatic carbocycles. The van der Waals surface area contributed by atoms with Gasteiger partial charge in [-0.3, -0.25) is 4.90 Å². The van der Waals surface area contributed by atoms with Crippen LogP contribution in [0.4, 0.5) is 5.69 Å². The zero-order valence-corrected chi connectivity index (χ0v) is 11.9. The van der Waals surface area contributed by atoms with Crippen LogP contribution in [0.1, 0.15) is 19.8 Å². The second-order valence-electron chi connectivity index (χ2n) is 5.24. The molecule has 0 spiro atoms. The normalized spacial score (nSPS) is 29.4. The molecule has 3 heteroatoms. The first-order valence-corrected chi connectivity index (χ1v) is 7.30. The highest BCUT2D eigenvalue weighted by molar-refractivity contribution is 9.10. The van der Waals surface area contributed by atoms with Gasteiger partial charge in [0, 0.05) is 29.6 Å². The molecule has 0 N–H and O–H groups in total. The van der Waals surface area contributed by atoms with E-state index in [4.69, 9.17) is 0 Å². The van der Waals surface area contributed by atoms with E-state index in [9.17, 15) is 0 Å². The Hall–Kier alpha value is -0.540. The van der Waals surface area contributed by atoms with Gasteiger partial charge in [0.25, 0.3) is 0 Å². The maximum Gasteiger partial charge on any atom is 0.0514 e. The van der Waals surface area contributed by atoms with E-state index in [1.54, 1.807) is 0 Å². The third kappa shape index (κ3) is 2.11. The van der Waals surface area contributed by atoms with E-state index in [0.29, 0.717) is 6.04 Å². The summed E-state index contributed by atoms with van der Waals surface area (Å²) in [5.74, 6) is 0. The molecule has 0 bridgehead atoms. The quantitative estimate of drug-likeness (QED) is 0.785. The minimum absolute atomic E-state index is 0.614. The maximum atomic E-state index is 3.68. The molecular formula is C14H19BrN2. The summed E-state index contributed by atoms with van der Waals surface area (Å²) >= 11 is 3.68. The average molecular weight is 295 g/mol. The molecule has 17 heavy (non-hydrogen) atoms. The van der Waals surface area contributed by atoms with Crippen molar-refractivity contribution in [3.63, 3.8) is 0 Å². The topological polar surface area (TPSA) is 6.48 Å². The average Bonchev–Trinajstić information content (AvgIpc) is 2.76. The zero-order valence-electron chi connectivity index (χ0n) is 10.3. The molecule has 0 aliphatic carbocycles. The van der Waals surface area contributed by atoms with Crippen LogP contribution in [0.5, 0.6) is 0 Å². The number of halogens is 1. The van der Waals surface area contributed by atoms with Gasteiger partial charge in [0.15, 0.2) is 0 Å². The van der Waals surface area contributed by atoms with Crippen molar-refractivity contribution in [3.8, 4) is 0 Å². The number of para-hydroxylation sites is 1. The van der Waals surface area contributed by atoms with Crippen molar-refractivity contribution in [1.82, 2.24) is 4.90 Å². The van der Waals surface area contributed by atoms with Gasteiger partial charge in [0.1, 0.15) is 0 Å². The lowest BCUT2D eigenvalue weighted by Crippen LogP contribution is -2.55. The molecule has 2 nitrogen and oxygen atoms in total. The van der Waals surface area contributed by atoms with E-state index < -0.39 is 0 Å². The monoisotopic (exact) mass is 294 g/mol. The molecule has 2 atom stereocenters. The third-order valence-corrected chi connectivity index (χ3v) is 4.77. The van der Waals surface area contributed by atoms with Gasteiger partial charge in [-0.15, -0.1) is 0 Å². The highest BCUT2D eigenvalue weighted by Crippen LogP contribution is 2.32. The fraction of sp³-hybridized carbons (Fsp3) is 0.571. The highest BCUT2D eigenvalue weighted by atomic mass is 79.9. The zero-order chi connectivity index (χ0) is 11.8. The van der Waals surface area contributed by atoms with E-state index in [1.807, 2.05) is 0 Å². The Morgan fingerprint density at radius 1 is 1.24 bits per heavy atom. The largest absolute Gasteiger partial charge is 0.365 e. The number of piperazine rings is 1. The first-order chi connectivity index (χ1) is 8.25. The van der Waals surface area contributed by atoms with Gasteiger partial charge in [0.05, 0.1) is 5.69 Å². The summed E-state index contributed by atoms with van der Waals surface area (Å²) in [6.07, 6.45) is 2.74. The number of rotatable bonds is 1. The van der Waals surface area contributed by atoms with E-state index >= 15 is 0 Å². The second-order valence-corrected chi connectivity index (χ2v) is 6.10. The molecule has 2 fully saturated rings. The van der Waals surface area contributed by atoms with Crippen LogP contribution >= 0.6 is 15.9 Å². The Balaban J connectivity index is 1.85. The van der Waals surface area contributed by atoms with Crippen LogP contribution in [0.3, 0.4) is 0 Å². The summed E-state index contributed by atoms with van der Waals surface area (Å²) < 4.78 is 1.22. The fourth-order valence-corrected chi connectivity index (χ4v) is 3.72. The Labute approximate surface area is 112 Å². The maximum absolute atomic E-state index is 3.68. The molecule has 2 saturated heterocycles. The van der Waals surface area contributed by atoms with Crippen LogP contribution in [0, 0.1) is 0 Å². The molecule has 2 unspecified atom stereocenters. The van der Waals surface area contributed by atoms with Gasteiger partial charge >= 0.3 is 0 Å². The Morgan fingerprint density at radius 2 is 2.06 bits per heavy atom. The second kappa shape index (κ2) is 4.62. The van der Waals surface area contributed by atoms with Crippen molar-refractivity contribution in [2.45, 2.75) is 31.8 Å². The minimum atomic E-state index is 0.614. The van der Waals surface area contributed by atoms with Gasteiger partial charge < -0.3 is 4.90 Å². The van der Waals surface area contributed by atoms with Crippen molar-refractivity contribution >= 4 is 21.6 Å². The van der Waals surface area contributed by atoms with Crippen LogP contribution in [0.25, 0.3) is 0 Å². The van der Waals surface area contributed by atoms with Crippen LogP contribution in [0.15, 0.2) is 28.7 Å². The highest BCUT2D eigenvalue weighted by Gasteiger charge is 2.34. The molecule has 3 rings (SSSR count). The van der Waals surface area contributed by atoms with Crippen molar-refractivity contribution < 1.29 is 0 Å². The summed E-state index contributed by atoms with van der Waals surface area (Å²) in [5, 5.41) is 0. The summed E-state index contributed by atoms with van der Waals surface area (Å²) in [6, 6.07) is 9.98. The molecule has 2 aliphatic heterocycles. The number of hydrogen-bond donors (Lipinski definition) is 0. The standard InChI is InChI=1S/C14H19BrN2/c1-11-9-16-8-4-5-12(16)10-17(11)14-7-3-2-6-13(14)15/h2-3,6-7,11-12H,4-5,8-10H2,1H3. The molecule has 0 saturated carbocycles. The SMILES string of the molecule is CC1CN2CCCC2CN1c1ccccc1Br. The van der Waals surface area contributed by atoms with E-state index in [-0.39, 0.29) is 0 Å². The summed E-state index contributed by atoms with van der Waals surface area (Å²) in [4.78, 5) is 5.23. The lowest BCUT2D eigenvalue weighted by atomic mass is 10.1. The number of benzene rings is 1. The molecule has 2 aliphatic rings. The summed E-state index contributed by atoms with van der Waals surface area (Å²) in [5.41, 5.74) is 1.35. The Bertz CT molecular complexity index is 407. The smallest absolute Gasteiger partial charge is 0.0514 e. The minimum Gasteiger partial charge on any atom is -0.365 e. The molecule has 0 aromatic heterocycles. The van der Waals surface area contributed by atoms with Gasteiger partial charge in [-0.25, -0.2) is 0 Å². The molecule has 0 radical (unpaired) electrons. The number of hydrogen-bond acceptors (Lipinski definition) is 2. The number of anilines is 1. The van der Waals surface area contributed by atoms with Crippen LogP contribution in [-0.2, 0) is 0 Å². The Morgan fingerprint density at radius 3 is 2.88 bits per heavy atom. The van der Waals surface area contributed by atoms with E-state index in [1.165, 1.54) is 42.6 Å². The predicted molar refractivity (Wildman–Crippen MR) is 75.5 cm³/mol. The molecule has 1 aromatic rings. The summed E-state index contributed by atoms with van der Waals surface area (Å²) in [7, 11) is 0. The van der Waals surface area contributed by atoms with Crippen molar-refractivity contribution in [1.29, 1.82) is 0 Å². The molecule has 0 amide bonds. The lowest BCUT2D eigenvalue weighted by Gasteiger charge is -2.44.